The Morgan fingerprint density at radius 1 is 1.08 bits per heavy atom. The molecule has 2 aromatic carbocycles. The molecule has 0 aliphatic rings. The molecule has 132 valence electrons. The number of ether oxygens (including phenoxy) is 2. The second-order valence-corrected chi connectivity index (χ2v) is 5.86. The summed E-state index contributed by atoms with van der Waals surface area (Å²) in [5.74, 6) is 0.642. The molecular weight excluding hydrogens is 362 g/mol. The highest BCUT2D eigenvalue weighted by Gasteiger charge is 2.10. The average molecular weight is 380 g/mol. The van der Waals surface area contributed by atoms with Crippen molar-refractivity contribution in [2.75, 3.05) is 19.5 Å². The minimum absolute atomic E-state index is 0.230. The summed E-state index contributed by atoms with van der Waals surface area (Å²) < 4.78 is 10.3. The van der Waals surface area contributed by atoms with Gasteiger partial charge in [0.1, 0.15) is 11.5 Å². The number of hydrogen-bond acceptors (Lipinski definition) is 4. The first-order chi connectivity index (χ1) is 11.9. The molecule has 0 heterocycles. The molecule has 0 saturated heterocycles. The van der Waals surface area contributed by atoms with Crippen molar-refractivity contribution in [3.05, 3.63) is 52.5 Å². The van der Waals surface area contributed by atoms with Gasteiger partial charge in [-0.1, -0.05) is 17.7 Å². The largest absolute Gasteiger partial charge is 0.497 e. The Labute approximate surface area is 156 Å². The summed E-state index contributed by atoms with van der Waals surface area (Å²) in [4.78, 5) is 12.3. The zero-order valence-electron chi connectivity index (χ0n) is 14.0. The van der Waals surface area contributed by atoms with Gasteiger partial charge in [-0.15, -0.1) is 0 Å². The highest BCUT2D eigenvalue weighted by molar-refractivity contribution is 7.80. The molecule has 8 heteroatoms. The summed E-state index contributed by atoms with van der Waals surface area (Å²) in [7, 11) is 3.03. The van der Waals surface area contributed by atoms with E-state index in [9.17, 15) is 4.79 Å². The van der Waals surface area contributed by atoms with E-state index in [0.717, 1.165) is 11.3 Å². The lowest BCUT2D eigenvalue weighted by atomic mass is 10.2. The average Bonchev–Trinajstić information content (AvgIpc) is 2.63. The van der Waals surface area contributed by atoms with Crippen LogP contribution in [0.1, 0.15) is 15.9 Å². The number of halogens is 1. The molecule has 0 saturated carbocycles. The molecule has 0 aliphatic carbocycles. The van der Waals surface area contributed by atoms with Gasteiger partial charge in [-0.2, -0.15) is 0 Å². The first-order valence-corrected chi connectivity index (χ1v) is 8.08. The van der Waals surface area contributed by atoms with Crippen molar-refractivity contribution in [3.63, 3.8) is 0 Å². The van der Waals surface area contributed by atoms with Gasteiger partial charge in [0.2, 0.25) is 0 Å². The van der Waals surface area contributed by atoms with E-state index in [4.69, 9.17) is 33.3 Å². The van der Waals surface area contributed by atoms with Gasteiger partial charge in [-0.3, -0.25) is 15.6 Å². The second-order valence-electron chi connectivity index (χ2n) is 5.05. The van der Waals surface area contributed by atoms with Crippen LogP contribution < -0.4 is 25.6 Å². The van der Waals surface area contributed by atoms with E-state index in [1.807, 2.05) is 13.0 Å². The monoisotopic (exact) mass is 379 g/mol. The van der Waals surface area contributed by atoms with Crippen LogP contribution in [0.15, 0.2) is 36.4 Å². The highest BCUT2D eigenvalue weighted by Crippen LogP contribution is 2.23. The Morgan fingerprint density at radius 3 is 2.32 bits per heavy atom. The molecule has 2 aromatic rings. The SMILES string of the molecule is COc1cc(OC)cc(C(=O)NNC(=S)Nc2cccc(Cl)c2C)c1. The Balaban J connectivity index is 2.00. The Bertz CT molecular complexity index is 776. The number of anilines is 1. The summed E-state index contributed by atoms with van der Waals surface area (Å²) in [5, 5.41) is 3.83. The lowest BCUT2D eigenvalue weighted by Crippen LogP contribution is -2.43. The number of amides is 1. The van der Waals surface area contributed by atoms with Crippen molar-refractivity contribution in [2.45, 2.75) is 6.92 Å². The predicted octanol–water partition coefficient (Wildman–Crippen LogP) is 3.30. The Morgan fingerprint density at radius 2 is 1.72 bits per heavy atom. The van der Waals surface area contributed by atoms with Crippen LogP contribution in [0.5, 0.6) is 11.5 Å². The van der Waals surface area contributed by atoms with Crippen molar-refractivity contribution in [1.82, 2.24) is 10.9 Å². The highest BCUT2D eigenvalue weighted by atomic mass is 35.5. The van der Waals surface area contributed by atoms with Crippen molar-refractivity contribution in [2.24, 2.45) is 0 Å². The van der Waals surface area contributed by atoms with Crippen LogP contribution in [0.25, 0.3) is 0 Å². The molecule has 0 spiro atoms. The number of rotatable bonds is 4. The molecule has 0 radical (unpaired) electrons. The molecule has 2 rings (SSSR count). The van der Waals surface area contributed by atoms with Crippen LogP contribution in [0.3, 0.4) is 0 Å². The van der Waals surface area contributed by atoms with Crippen LogP contribution in [0.4, 0.5) is 5.69 Å². The van der Waals surface area contributed by atoms with Crippen molar-refractivity contribution < 1.29 is 14.3 Å². The van der Waals surface area contributed by atoms with Gasteiger partial charge in [0, 0.05) is 22.3 Å². The molecule has 0 aliphatic heterocycles. The molecule has 3 N–H and O–H groups in total. The van der Waals surface area contributed by atoms with E-state index in [2.05, 4.69) is 16.2 Å². The van der Waals surface area contributed by atoms with Gasteiger partial charge in [-0.05, 0) is 49.0 Å². The number of nitrogens with one attached hydrogen (secondary N) is 3. The summed E-state index contributed by atoms with van der Waals surface area (Å²) in [5.41, 5.74) is 7.14. The normalized spacial score (nSPS) is 9.92. The van der Waals surface area contributed by atoms with Crippen molar-refractivity contribution in [1.29, 1.82) is 0 Å². The number of methoxy groups -OCH3 is 2. The fourth-order valence-electron chi connectivity index (χ4n) is 2.02. The number of hydrogen-bond donors (Lipinski definition) is 3. The molecule has 1 amide bonds. The standard InChI is InChI=1S/C17H18ClN3O3S/c1-10-14(18)5-4-6-15(10)19-17(25)21-20-16(22)11-7-12(23-2)9-13(8-11)24-3/h4-9H,1-3H3,(H,20,22)(H2,19,21,25). The maximum absolute atomic E-state index is 12.3. The van der Waals surface area contributed by atoms with Gasteiger partial charge in [0.25, 0.3) is 5.91 Å². The van der Waals surface area contributed by atoms with Crippen LogP contribution >= 0.6 is 23.8 Å². The Hall–Kier alpha value is -2.51. The third-order valence-corrected chi connectivity index (χ3v) is 4.03. The number of hydrazine groups is 1. The zero-order chi connectivity index (χ0) is 18.4. The predicted molar refractivity (Wildman–Crippen MR) is 103 cm³/mol. The van der Waals surface area contributed by atoms with E-state index < -0.39 is 0 Å². The number of carbonyl (C=O) groups excluding carboxylic acids is 1. The van der Waals surface area contributed by atoms with E-state index in [-0.39, 0.29) is 11.0 Å². The first kappa shape index (κ1) is 18.8. The van der Waals surface area contributed by atoms with E-state index in [1.54, 1.807) is 30.3 Å². The molecular formula is C17H18ClN3O3S. The molecule has 0 unspecified atom stereocenters. The lowest BCUT2D eigenvalue weighted by molar-refractivity contribution is 0.0943. The van der Waals surface area contributed by atoms with Crippen LogP contribution in [0.2, 0.25) is 5.02 Å². The quantitative estimate of drug-likeness (QED) is 0.559. The molecule has 0 atom stereocenters. The summed E-state index contributed by atoms with van der Waals surface area (Å²) in [6.45, 7) is 1.87. The van der Waals surface area contributed by atoms with Crippen molar-refractivity contribution in [3.8, 4) is 11.5 Å². The maximum atomic E-state index is 12.3. The van der Waals surface area contributed by atoms with Gasteiger partial charge >= 0.3 is 0 Å². The topological polar surface area (TPSA) is 71.6 Å². The first-order valence-electron chi connectivity index (χ1n) is 7.30. The van der Waals surface area contributed by atoms with Gasteiger partial charge in [0.15, 0.2) is 5.11 Å². The smallest absolute Gasteiger partial charge is 0.269 e. The van der Waals surface area contributed by atoms with E-state index in [0.29, 0.717) is 22.1 Å². The zero-order valence-corrected chi connectivity index (χ0v) is 15.5. The molecule has 6 nitrogen and oxygen atoms in total. The van der Waals surface area contributed by atoms with Gasteiger partial charge in [-0.25, -0.2) is 0 Å². The molecule has 25 heavy (non-hydrogen) atoms. The van der Waals surface area contributed by atoms with E-state index in [1.165, 1.54) is 14.2 Å². The maximum Gasteiger partial charge on any atom is 0.269 e. The molecule has 0 aromatic heterocycles. The lowest BCUT2D eigenvalue weighted by Gasteiger charge is -2.14. The van der Waals surface area contributed by atoms with Crippen LogP contribution in [-0.4, -0.2) is 25.2 Å². The van der Waals surface area contributed by atoms with Crippen LogP contribution in [0, 0.1) is 6.92 Å². The third kappa shape index (κ3) is 4.98. The fourth-order valence-corrected chi connectivity index (χ4v) is 2.36. The third-order valence-electron chi connectivity index (χ3n) is 3.42. The summed E-state index contributed by atoms with van der Waals surface area (Å²) in [6, 6.07) is 10.3. The summed E-state index contributed by atoms with van der Waals surface area (Å²) in [6.07, 6.45) is 0. The van der Waals surface area contributed by atoms with E-state index >= 15 is 0 Å². The number of carbonyl (C=O) groups is 1. The minimum atomic E-state index is -0.385. The number of thiocarbonyl (C=S) groups is 1. The number of benzene rings is 2. The fraction of sp³-hybridized carbons (Fsp3) is 0.176. The van der Waals surface area contributed by atoms with Gasteiger partial charge < -0.3 is 14.8 Å². The summed E-state index contributed by atoms with van der Waals surface area (Å²) >= 11 is 11.2. The van der Waals surface area contributed by atoms with Crippen molar-refractivity contribution >= 4 is 40.5 Å². The van der Waals surface area contributed by atoms with Crippen LogP contribution in [-0.2, 0) is 0 Å². The second kappa shape index (κ2) is 8.55. The molecule has 0 bridgehead atoms. The van der Waals surface area contributed by atoms with Gasteiger partial charge in [0.05, 0.1) is 14.2 Å². The molecule has 0 fully saturated rings. The Kier molecular flexibility index (Phi) is 6.44. The minimum Gasteiger partial charge on any atom is -0.497 e.